The first-order valence-electron chi connectivity index (χ1n) is 6.63. The summed E-state index contributed by atoms with van der Waals surface area (Å²) in [5, 5.41) is 9.36. The number of rotatable bonds is 8. The van der Waals surface area contributed by atoms with Crippen molar-refractivity contribution in [2.75, 3.05) is 0 Å². The molecular formula is C14H28O2. The first-order valence-corrected chi connectivity index (χ1v) is 6.63. The molecule has 0 aromatic heterocycles. The number of hydrogen-bond donors (Lipinski definition) is 1. The van der Waals surface area contributed by atoms with Crippen LogP contribution in [-0.4, -0.2) is 11.1 Å². The van der Waals surface area contributed by atoms with Gasteiger partial charge >= 0.3 is 5.97 Å². The van der Waals surface area contributed by atoms with E-state index in [9.17, 15) is 9.90 Å². The molecular weight excluding hydrogens is 200 g/mol. The Hall–Kier alpha value is -0.530. The molecule has 0 aromatic carbocycles. The summed E-state index contributed by atoms with van der Waals surface area (Å²) in [6.07, 6.45) is 5.98. The monoisotopic (exact) mass is 228 g/mol. The van der Waals surface area contributed by atoms with Gasteiger partial charge in [-0.1, -0.05) is 47.0 Å². The Labute approximate surface area is 100 Å². The van der Waals surface area contributed by atoms with Gasteiger partial charge in [-0.05, 0) is 31.6 Å². The lowest BCUT2D eigenvalue weighted by atomic mass is 9.66. The predicted molar refractivity (Wildman–Crippen MR) is 68.6 cm³/mol. The second-order valence-corrected chi connectivity index (χ2v) is 5.35. The van der Waals surface area contributed by atoms with E-state index in [1.807, 2.05) is 13.8 Å². The quantitative estimate of drug-likeness (QED) is 0.665. The Morgan fingerprint density at radius 2 is 1.56 bits per heavy atom. The largest absolute Gasteiger partial charge is 0.481 e. The molecule has 16 heavy (non-hydrogen) atoms. The number of carboxylic acid groups (broad SMARTS) is 1. The van der Waals surface area contributed by atoms with Crippen LogP contribution in [0.1, 0.15) is 73.1 Å². The number of hydrogen-bond acceptors (Lipinski definition) is 1. The molecule has 1 unspecified atom stereocenters. The van der Waals surface area contributed by atoms with Gasteiger partial charge in [0.05, 0.1) is 5.41 Å². The Kier molecular flexibility index (Phi) is 6.06. The van der Waals surface area contributed by atoms with Crippen LogP contribution in [0.3, 0.4) is 0 Å². The lowest BCUT2D eigenvalue weighted by Gasteiger charge is -2.38. The molecule has 0 fully saturated rings. The van der Waals surface area contributed by atoms with Gasteiger partial charge in [-0.3, -0.25) is 4.79 Å². The summed E-state index contributed by atoms with van der Waals surface area (Å²) in [7, 11) is 0. The molecule has 0 heterocycles. The van der Waals surface area contributed by atoms with E-state index in [1.165, 1.54) is 0 Å². The Morgan fingerprint density at radius 1 is 1.06 bits per heavy atom. The van der Waals surface area contributed by atoms with Gasteiger partial charge in [-0.2, -0.15) is 0 Å². The van der Waals surface area contributed by atoms with Crippen molar-refractivity contribution in [2.45, 2.75) is 73.1 Å². The van der Waals surface area contributed by atoms with Gasteiger partial charge in [0.25, 0.3) is 0 Å². The Balaban J connectivity index is 4.90. The van der Waals surface area contributed by atoms with E-state index in [4.69, 9.17) is 0 Å². The van der Waals surface area contributed by atoms with Crippen LogP contribution in [-0.2, 0) is 4.79 Å². The van der Waals surface area contributed by atoms with Crippen LogP contribution in [0.15, 0.2) is 0 Å². The molecule has 0 saturated heterocycles. The zero-order valence-corrected chi connectivity index (χ0v) is 11.6. The summed E-state index contributed by atoms with van der Waals surface area (Å²) in [6, 6.07) is 0. The first-order chi connectivity index (χ1) is 7.39. The molecule has 1 atom stereocenters. The average Bonchev–Trinajstić information content (AvgIpc) is 2.28. The van der Waals surface area contributed by atoms with Crippen LogP contribution in [0.2, 0.25) is 0 Å². The summed E-state index contributed by atoms with van der Waals surface area (Å²) in [5.74, 6) is -0.641. The zero-order chi connectivity index (χ0) is 12.8. The maximum Gasteiger partial charge on any atom is 0.309 e. The van der Waals surface area contributed by atoms with Gasteiger partial charge in [0, 0.05) is 0 Å². The molecule has 0 aliphatic rings. The van der Waals surface area contributed by atoms with E-state index in [-0.39, 0.29) is 5.41 Å². The minimum atomic E-state index is -0.641. The van der Waals surface area contributed by atoms with E-state index in [1.54, 1.807) is 0 Å². The highest BCUT2D eigenvalue weighted by molar-refractivity contribution is 5.74. The summed E-state index contributed by atoms with van der Waals surface area (Å²) in [6.45, 7) is 10.4. The molecule has 2 heteroatoms. The second-order valence-electron chi connectivity index (χ2n) is 5.35. The molecule has 1 N–H and O–H groups in total. The number of aliphatic carboxylic acids is 1. The van der Waals surface area contributed by atoms with E-state index in [0.29, 0.717) is 6.42 Å². The maximum absolute atomic E-state index is 11.4. The lowest BCUT2D eigenvalue weighted by molar-refractivity contribution is -0.150. The van der Waals surface area contributed by atoms with Crippen LogP contribution in [0.5, 0.6) is 0 Å². The van der Waals surface area contributed by atoms with Gasteiger partial charge in [0.15, 0.2) is 0 Å². The summed E-state index contributed by atoms with van der Waals surface area (Å²) >= 11 is 0. The Morgan fingerprint density at radius 3 is 1.81 bits per heavy atom. The molecule has 96 valence electrons. The van der Waals surface area contributed by atoms with Crippen molar-refractivity contribution in [3.05, 3.63) is 0 Å². The molecule has 0 aliphatic heterocycles. The van der Waals surface area contributed by atoms with E-state index >= 15 is 0 Å². The highest BCUT2D eigenvalue weighted by Crippen LogP contribution is 2.44. The van der Waals surface area contributed by atoms with Crippen LogP contribution in [0.25, 0.3) is 0 Å². The maximum atomic E-state index is 11.4. The highest BCUT2D eigenvalue weighted by atomic mass is 16.4. The second kappa shape index (κ2) is 6.27. The zero-order valence-electron chi connectivity index (χ0n) is 11.6. The smallest absolute Gasteiger partial charge is 0.309 e. The topological polar surface area (TPSA) is 37.3 Å². The fraction of sp³-hybridized carbons (Fsp3) is 0.929. The molecule has 0 aromatic rings. The van der Waals surface area contributed by atoms with E-state index in [2.05, 4.69) is 20.8 Å². The normalized spacial score (nSPS) is 15.8. The van der Waals surface area contributed by atoms with Crippen molar-refractivity contribution in [3.8, 4) is 0 Å². The molecule has 0 amide bonds. The molecule has 0 radical (unpaired) electrons. The highest BCUT2D eigenvalue weighted by Gasteiger charge is 2.39. The van der Waals surface area contributed by atoms with Crippen molar-refractivity contribution in [1.29, 1.82) is 0 Å². The van der Waals surface area contributed by atoms with Crippen molar-refractivity contribution in [3.63, 3.8) is 0 Å². The lowest BCUT2D eigenvalue weighted by Crippen LogP contribution is -2.35. The third-order valence-electron chi connectivity index (χ3n) is 4.34. The van der Waals surface area contributed by atoms with Gasteiger partial charge in [0.1, 0.15) is 0 Å². The van der Waals surface area contributed by atoms with Crippen LogP contribution >= 0.6 is 0 Å². The van der Waals surface area contributed by atoms with Gasteiger partial charge < -0.3 is 5.11 Å². The van der Waals surface area contributed by atoms with Crippen molar-refractivity contribution < 1.29 is 9.90 Å². The van der Waals surface area contributed by atoms with Gasteiger partial charge in [-0.25, -0.2) is 0 Å². The minimum absolute atomic E-state index is 0.220. The minimum Gasteiger partial charge on any atom is -0.481 e. The number of carbonyl (C=O) groups is 1. The van der Waals surface area contributed by atoms with Crippen LogP contribution in [0.4, 0.5) is 0 Å². The molecule has 0 spiro atoms. The van der Waals surface area contributed by atoms with Crippen molar-refractivity contribution >= 4 is 5.97 Å². The standard InChI is InChI=1S/C14H28O2/c1-6-10-14(8-3,9-4)11-13(5,7-2)12(15)16/h6-11H2,1-5H3,(H,15,16). The average molecular weight is 228 g/mol. The summed E-state index contributed by atoms with van der Waals surface area (Å²) < 4.78 is 0. The van der Waals surface area contributed by atoms with E-state index < -0.39 is 11.4 Å². The third-order valence-corrected chi connectivity index (χ3v) is 4.34. The molecule has 0 saturated carbocycles. The third kappa shape index (κ3) is 3.50. The van der Waals surface area contributed by atoms with Gasteiger partial charge in [-0.15, -0.1) is 0 Å². The van der Waals surface area contributed by atoms with Gasteiger partial charge in [0.2, 0.25) is 0 Å². The SMILES string of the molecule is CCCC(CC)(CC)CC(C)(CC)C(=O)O. The summed E-state index contributed by atoms with van der Waals surface area (Å²) in [4.78, 5) is 11.4. The van der Waals surface area contributed by atoms with Crippen LogP contribution in [0, 0.1) is 10.8 Å². The van der Waals surface area contributed by atoms with Crippen molar-refractivity contribution in [2.24, 2.45) is 10.8 Å². The molecule has 0 aliphatic carbocycles. The first kappa shape index (κ1) is 15.5. The summed E-state index contributed by atoms with van der Waals surface area (Å²) in [5.41, 5.74) is -0.334. The number of carboxylic acids is 1. The molecule has 2 nitrogen and oxygen atoms in total. The fourth-order valence-corrected chi connectivity index (χ4v) is 2.65. The predicted octanol–water partition coefficient (Wildman–Crippen LogP) is 4.48. The molecule has 0 rings (SSSR count). The Bertz CT molecular complexity index is 219. The van der Waals surface area contributed by atoms with E-state index in [0.717, 1.165) is 32.1 Å². The molecule has 0 bridgehead atoms. The fourth-order valence-electron chi connectivity index (χ4n) is 2.65. The van der Waals surface area contributed by atoms with Crippen molar-refractivity contribution in [1.82, 2.24) is 0 Å². The van der Waals surface area contributed by atoms with Crippen LogP contribution < -0.4 is 0 Å².